The Labute approximate surface area is 206 Å². The highest BCUT2D eigenvalue weighted by Gasteiger charge is 2.34. The molecule has 1 unspecified atom stereocenters. The highest BCUT2D eigenvalue weighted by molar-refractivity contribution is 7.89. The number of nitrogens with zero attached hydrogens (tertiary/aromatic N) is 1. The van der Waals surface area contributed by atoms with E-state index < -0.39 is 28.0 Å². The van der Waals surface area contributed by atoms with Crippen molar-refractivity contribution in [2.45, 2.75) is 37.6 Å². The fourth-order valence-corrected chi connectivity index (χ4v) is 5.94. The molecule has 1 aliphatic heterocycles. The fraction of sp³-hybridized carbons (Fsp3) is 0.333. The molecule has 4 rings (SSSR count). The van der Waals surface area contributed by atoms with Gasteiger partial charge in [0.25, 0.3) is 0 Å². The molecule has 0 aliphatic carbocycles. The van der Waals surface area contributed by atoms with Crippen LogP contribution in [-0.4, -0.2) is 44.3 Å². The molecule has 1 heterocycles. The van der Waals surface area contributed by atoms with Crippen LogP contribution in [0.3, 0.4) is 0 Å². The molecule has 1 N–H and O–H groups in total. The van der Waals surface area contributed by atoms with Gasteiger partial charge >= 0.3 is 5.97 Å². The van der Waals surface area contributed by atoms with E-state index in [1.807, 2.05) is 49.4 Å². The second kappa shape index (κ2) is 10.6. The van der Waals surface area contributed by atoms with Gasteiger partial charge in [-0.3, -0.25) is 4.79 Å². The summed E-state index contributed by atoms with van der Waals surface area (Å²) in [6.07, 6.45) is 0.754. The van der Waals surface area contributed by atoms with Crippen LogP contribution in [0, 0.1) is 12.8 Å². The minimum Gasteiger partial charge on any atom is -0.464 e. The van der Waals surface area contributed by atoms with E-state index >= 15 is 0 Å². The number of nitrogens with one attached hydrogen (secondary N) is 1. The first-order valence-electron chi connectivity index (χ1n) is 11.8. The number of carbonyl (C=O) groups excluding carboxylic acids is 2. The molecule has 0 bridgehead atoms. The number of rotatable bonds is 7. The number of ether oxygens (including phenoxy) is 1. The van der Waals surface area contributed by atoms with Crippen molar-refractivity contribution in [3.8, 4) is 0 Å². The van der Waals surface area contributed by atoms with Crippen molar-refractivity contribution in [1.82, 2.24) is 9.62 Å². The third-order valence-corrected chi connectivity index (χ3v) is 8.34. The van der Waals surface area contributed by atoms with E-state index in [2.05, 4.69) is 5.32 Å². The maximum atomic E-state index is 13.2. The molecule has 184 valence electrons. The number of esters is 1. The summed E-state index contributed by atoms with van der Waals surface area (Å²) in [5.74, 6) is -1.19. The van der Waals surface area contributed by atoms with Gasteiger partial charge in [-0.1, -0.05) is 60.2 Å². The molecule has 8 heteroatoms. The molecule has 0 saturated carbocycles. The van der Waals surface area contributed by atoms with Crippen LogP contribution >= 0.6 is 0 Å². The summed E-state index contributed by atoms with van der Waals surface area (Å²) in [5, 5.41) is 4.72. The molecule has 1 fully saturated rings. The molecule has 0 radical (unpaired) electrons. The van der Waals surface area contributed by atoms with E-state index in [9.17, 15) is 18.0 Å². The van der Waals surface area contributed by atoms with E-state index in [1.165, 1.54) is 4.31 Å². The Morgan fingerprint density at radius 2 is 1.66 bits per heavy atom. The number of sulfonamides is 1. The van der Waals surface area contributed by atoms with Gasteiger partial charge in [-0.05, 0) is 55.2 Å². The summed E-state index contributed by atoms with van der Waals surface area (Å²) in [6.45, 7) is 4.32. The van der Waals surface area contributed by atoms with Crippen LogP contribution in [-0.2, 0) is 24.3 Å². The summed E-state index contributed by atoms with van der Waals surface area (Å²) in [5.41, 5.74) is 1.66. The molecule has 1 aliphatic rings. The van der Waals surface area contributed by atoms with Crippen molar-refractivity contribution in [2.24, 2.45) is 5.92 Å². The predicted molar refractivity (Wildman–Crippen MR) is 134 cm³/mol. The summed E-state index contributed by atoms with van der Waals surface area (Å²) in [7, 11) is -3.61. The van der Waals surface area contributed by atoms with Crippen LogP contribution < -0.4 is 5.32 Å². The second-order valence-corrected chi connectivity index (χ2v) is 10.7. The molecule has 35 heavy (non-hydrogen) atoms. The third kappa shape index (κ3) is 5.39. The van der Waals surface area contributed by atoms with E-state index in [1.54, 1.807) is 31.2 Å². The van der Waals surface area contributed by atoms with Crippen molar-refractivity contribution < 1.29 is 22.7 Å². The first-order chi connectivity index (χ1) is 16.8. The molecule has 0 aromatic heterocycles. The summed E-state index contributed by atoms with van der Waals surface area (Å²) in [4.78, 5) is 26.3. The second-order valence-electron chi connectivity index (χ2n) is 8.75. The minimum atomic E-state index is -3.61. The molecule has 0 spiro atoms. The number of fused-ring (bicyclic) bond motifs is 1. The minimum absolute atomic E-state index is 0.200. The van der Waals surface area contributed by atoms with E-state index in [4.69, 9.17) is 4.74 Å². The number of benzene rings is 3. The lowest BCUT2D eigenvalue weighted by Crippen LogP contribution is -2.45. The normalized spacial score (nSPS) is 16.1. The molecular formula is C27H30N2O5S. The standard InChI is InChI=1S/C27H30N2O5S/c1-3-34-27(31)25(24-10-6-8-20-7-4-5-9-23(20)24)28-26(30)21-15-17-29(18-16-21)35(32,33)22-13-11-19(2)12-14-22/h4-14,21,25H,3,15-18H2,1-2H3,(H,28,30). The van der Waals surface area contributed by atoms with Gasteiger partial charge in [0.2, 0.25) is 15.9 Å². The molecule has 3 aromatic carbocycles. The van der Waals surface area contributed by atoms with Crippen LogP contribution in [0.1, 0.15) is 36.9 Å². The van der Waals surface area contributed by atoms with Crippen molar-refractivity contribution in [3.63, 3.8) is 0 Å². The number of hydrogen-bond donors (Lipinski definition) is 1. The SMILES string of the molecule is CCOC(=O)C(NC(=O)C1CCN(S(=O)(=O)c2ccc(C)cc2)CC1)c1cccc2ccccc12. The molecule has 1 atom stereocenters. The van der Waals surface area contributed by atoms with E-state index in [0.29, 0.717) is 18.4 Å². The van der Waals surface area contributed by atoms with Gasteiger partial charge in [-0.25, -0.2) is 13.2 Å². The lowest BCUT2D eigenvalue weighted by atomic mass is 9.95. The summed E-state index contributed by atoms with van der Waals surface area (Å²) in [6, 6.07) is 19.1. The van der Waals surface area contributed by atoms with Crippen molar-refractivity contribution in [3.05, 3.63) is 77.9 Å². The average molecular weight is 495 g/mol. The fourth-order valence-electron chi connectivity index (χ4n) is 4.47. The number of hydrogen-bond acceptors (Lipinski definition) is 5. The summed E-state index contributed by atoms with van der Waals surface area (Å²) < 4.78 is 32.7. The van der Waals surface area contributed by atoms with Crippen LogP contribution in [0.15, 0.2) is 71.6 Å². The first-order valence-corrected chi connectivity index (χ1v) is 13.3. The number of amides is 1. The summed E-state index contributed by atoms with van der Waals surface area (Å²) >= 11 is 0. The highest BCUT2D eigenvalue weighted by Crippen LogP contribution is 2.28. The largest absolute Gasteiger partial charge is 0.464 e. The van der Waals surface area contributed by atoms with Crippen molar-refractivity contribution >= 4 is 32.7 Å². The van der Waals surface area contributed by atoms with E-state index in [-0.39, 0.29) is 30.5 Å². The molecule has 3 aromatic rings. The van der Waals surface area contributed by atoms with Gasteiger partial charge in [0.1, 0.15) is 0 Å². The lowest BCUT2D eigenvalue weighted by molar-refractivity contribution is -0.148. The highest BCUT2D eigenvalue weighted by atomic mass is 32.2. The number of aryl methyl sites for hydroxylation is 1. The topological polar surface area (TPSA) is 92.8 Å². The Hall–Kier alpha value is -3.23. The third-order valence-electron chi connectivity index (χ3n) is 6.43. The first kappa shape index (κ1) is 24.9. The van der Waals surface area contributed by atoms with Gasteiger partial charge in [0.15, 0.2) is 6.04 Å². The average Bonchev–Trinajstić information content (AvgIpc) is 2.87. The zero-order valence-corrected chi connectivity index (χ0v) is 20.8. The van der Waals surface area contributed by atoms with Gasteiger partial charge < -0.3 is 10.1 Å². The maximum absolute atomic E-state index is 13.2. The van der Waals surface area contributed by atoms with Gasteiger partial charge in [0.05, 0.1) is 11.5 Å². The molecule has 7 nitrogen and oxygen atoms in total. The molecular weight excluding hydrogens is 464 g/mol. The number of piperidine rings is 1. The van der Waals surface area contributed by atoms with Crippen LogP contribution in [0.25, 0.3) is 10.8 Å². The Bertz CT molecular complexity index is 1310. The van der Waals surface area contributed by atoms with Crippen LogP contribution in [0.2, 0.25) is 0 Å². The number of carbonyl (C=O) groups is 2. The zero-order chi connectivity index (χ0) is 25.0. The predicted octanol–water partition coefficient (Wildman–Crippen LogP) is 3.97. The molecule has 1 saturated heterocycles. The van der Waals surface area contributed by atoms with E-state index in [0.717, 1.165) is 16.3 Å². The van der Waals surface area contributed by atoms with Crippen LogP contribution in [0.4, 0.5) is 0 Å². The van der Waals surface area contributed by atoms with Gasteiger partial charge in [0, 0.05) is 19.0 Å². The monoisotopic (exact) mass is 494 g/mol. The molecule has 1 amide bonds. The Kier molecular flexibility index (Phi) is 7.52. The van der Waals surface area contributed by atoms with Gasteiger partial charge in [-0.2, -0.15) is 4.31 Å². The quantitative estimate of drug-likeness (QED) is 0.502. The van der Waals surface area contributed by atoms with Crippen molar-refractivity contribution in [1.29, 1.82) is 0 Å². The Morgan fingerprint density at radius 3 is 2.34 bits per heavy atom. The van der Waals surface area contributed by atoms with Gasteiger partial charge in [-0.15, -0.1) is 0 Å². The Morgan fingerprint density at radius 1 is 1.00 bits per heavy atom. The maximum Gasteiger partial charge on any atom is 0.333 e. The van der Waals surface area contributed by atoms with Crippen LogP contribution in [0.5, 0.6) is 0 Å². The Balaban J connectivity index is 1.48. The van der Waals surface area contributed by atoms with Crippen molar-refractivity contribution in [2.75, 3.05) is 19.7 Å². The lowest BCUT2D eigenvalue weighted by Gasteiger charge is -2.31. The smallest absolute Gasteiger partial charge is 0.333 e. The zero-order valence-electron chi connectivity index (χ0n) is 19.9.